The Kier molecular flexibility index (Phi) is 3.73. The second kappa shape index (κ2) is 5.40. The molecule has 21 heavy (non-hydrogen) atoms. The van der Waals surface area contributed by atoms with Crippen molar-refractivity contribution >= 4 is 5.69 Å². The zero-order valence-corrected chi connectivity index (χ0v) is 12.0. The highest BCUT2D eigenvalue weighted by Gasteiger charge is 2.34. The van der Waals surface area contributed by atoms with Gasteiger partial charge in [0.1, 0.15) is 18.9 Å². The van der Waals surface area contributed by atoms with E-state index in [1.165, 1.54) is 16.0 Å². The van der Waals surface area contributed by atoms with Gasteiger partial charge in [-0.2, -0.15) is 13.2 Å². The molecule has 0 bridgehead atoms. The summed E-state index contributed by atoms with van der Waals surface area (Å²) in [5, 5.41) is 3.33. The van der Waals surface area contributed by atoms with Crippen LogP contribution in [0.1, 0.15) is 16.7 Å². The fourth-order valence-corrected chi connectivity index (χ4v) is 3.27. The number of anilines is 1. The molecule has 3 nitrogen and oxygen atoms in total. The molecule has 0 aromatic heterocycles. The quantitative estimate of drug-likeness (QED) is 0.862. The molecule has 1 aromatic rings. The van der Waals surface area contributed by atoms with Gasteiger partial charge >= 0.3 is 6.18 Å². The Labute approximate surface area is 122 Å². The predicted molar refractivity (Wildman–Crippen MR) is 75.2 cm³/mol. The molecule has 0 radical (unpaired) electrons. The lowest BCUT2D eigenvalue weighted by Gasteiger charge is -2.34. The summed E-state index contributed by atoms with van der Waals surface area (Å²) in [6, 6.07) is 1.94. The van der Waals surface area contributed by atoms with Crippen molar-refractivity contribution in [3.8, 4) is 5.75 Å². The van der Waals surface area contributed by atoms with Crippen LogP contribution in [0.2, 0.25) is 0 Å². The van der Waals surface area contributed by atoms with Crippen LogP contribution in [0.25, 0.3) is 0 Å². The van der Waals surface area contributed by atoms with Crippen LogP contribution >= 0.6 is 0 Å². The molecule has 2 aliphatic rings. The van der Waals surface area contributed by atoms with E-state index in [2.05, 4.69) is 5.32 Å². The van der Waals surface area contributed by atoms with Gasteiger partial charge < -0.3 is 15.0 Å². The Balaban J connectivity index is 2.03. The summed E-state index contributed by atoms with van der Waals surface area (Å²) >= 11 is 0. The summed E-state index contributed by atoms with van der Waals surface area (Å²) in [5.41, 5.74) is 3.94. The number of hydrogen-bond acceptors (Lipinski definition) is 3. The minimum Gasteiger partial charge on any atom is -0.490 e. The van der Waals surface area contributed by atoms with Crippen LogP contribution in [0, 0.1) is 6.92 Å². The second-order valence-electron chi connectivity index (χ2n) is 5.62. The van der Waals surface area contributed by atoms with Gasteiger partial charge in [0.05, 0.1) is 12.2 Å². The highest BCUT2D eigenvalue weighted by molar-refractivity contribution is 5.69. The SMILES string of the molecule is Cc1c2c(cc3c1N(CC(F)(F)F)CCO3)CCNCC2. The molecule has 0 fully saturated rings. The van der Waals surface area contributed by atoms with Gasteiger partial charge in [0, 0.05) is 0 Å². The second-order valence-corrected chi connectivity index (χ2v) is 5.62. The van der Waals surface area contributed by atoms with Gasteiger partial charge in [-0.05, 0) is 55.6 Å². The molecule has 0 amide bonds. The lowest BCUT2D eigenvalue weighted by molar-refractivity contribution is -0.120. The number of rotatable bonds is 1. The number of halogens is 3. The Morgan fingerprint density at radius 1 is 1.29 bits per heavy atom. The maximum absolute atomic E-state index is 12.8. The highest BCUT2D eigenvalue weighted by atomic mass is 19.4. The number of nitrogens with one attached hydrogen (secondary N) is 1. The molecule has 2 heterocycles. The van der Waals surface area contributed by atoms with Crippen LogP contribution in [0.15, 0.2) is 6.07 Å². The van der Waals surface area contributed by atoms with Crippen molar-refractivity contribution in [3.63, 3.8) is 0 Å². The minimum absolute atomic E-state index is 0.282. The number of fused-ring (bicyclic) bond motifs is 2. The van der Waals surface area contributed by atoms with Gasteiger partial charge in [-0.15, -0.1) is 0 Å². The van der Waals surface area contributed by atoms with Crippen molar-refractivity contribution in [3.05, 3.63) is 22.8 Å². The molecular weight excluding hydrogens is 281 g/mol. The summed E-state index contributed by atoms with van der Waals surface area (Å²) in [6.45, 7) is 3.36. The maximum atomic E-state index is 12.8. The number of alkyl halides is 3. The van der Waals surface area contributed by atoms with Crippen molar-refractivity contribution < 1.29 is 17.9 Å². The van der Waals surface area contributed by atoms with Gasteiger partial charge in [0.2, 0.25) is 0 Å². The van der Waals surface area contributed by atoms with E-state index in [1.54, 1.807) is 0 Å². The number of benzene rings is 1. The van der Waals surface area contributed by atoms with Crippen LogP contribution in [0.5, 0.6) is 5.75 Å². The van der Waals surface area contributed by atoms with Gasteiger partial charge in [-0.25, -0.2) is 0 Å². The van der Waals surface area contributed by atoms with Crippen molar-refractivity contribution in [1.29, 1.82) is 0 Å². The molecule has 0 saturated heterocycles. The first-order chi connectivity index (χ1) is 9.96. The predicted octanol–water partition coefficient (Wildman–Crippen LogP) is 2.44. The molecule has 0 unspecified atom stereocenters. The average Bonchev–Trinajstić information content (AvgIpc) is 2.62. The molecule has 0 saturated carbocycles. The average molecular weight is 300 g/mol. The van der Waals surface area contributed by atoms with E-state index in [-0.39, 0.29) is 6.54 Å². The topological polar surface area (TPSA) is 24.5 Å². The van der Waals surface area contributed by atoms with Crippen LogP contribution in [0.4, 0.5) is 18.9 Å². The van der Waals surface area contributed by atoms with Crippen molar-refractivity contribution in [1.82, 2.24) is 5.32 Å². The summed E-state index contributed by atoms with van der Waals surface area (Å²) in [7, 11) is 0. The van der Waals surface area contributed by atoms with Crippen LogP contribution < -0.4 is 15.0 Å². The van der Waals surface area contributed by atoms with E-state index in [4.69, 9.17) is 4.74 Å². The summed E-state index contributed by atoms with van der Waals surface area (Å²) in [6.07, 6.45) is -2.45. The van der Waals surface area contributed by atoms with Gasteiger partial charge in [-0.3, -0.25) is 0 Å². The van der Waals surface area contributed by atoms with E-state index < -0.39 is 12.7 Å². The molecule has 116 valence electrons. The molecule has 1 N–H and O–H groups in total. The Hall–Kier alpha value is -1.43. The lowest BCUT2D eigenvalue weighted by atomic mass is 9.94. The largest absolute Gasteiger partial charge is 0.490 e. The fourth-order valence-electron chi connectivity index (χ4n) is 3.27. The molecular formula is C15H19F3N2O. The number of nitrogens with zero attached hydrogens (tertiary/aromatic N) is 1. The van der Waals surface area contributed by atoms with Crippen LogP contribution in [0.3, 0.4) is 0 Å². The maximum Gasteiger partial charge on any atom is 0.405 e. The standard InChI is InChI=1S/C15H19F3N2O/c1-10-12-3-5-19-4-2-11(12)8-13-14(10)20(6-7-21-13)9-15(16,17)18/h8,19H,2-7,9H2,1H3. The third-order valence-electron chi connectivity index (χ3n) is 4.16. The Morgan fingerprint density at radius 3 is 2.81 bits per heavy atom. The van der Waals surface area contributed by atoms with Crippen molar-refractivity contribution in [2.75, 3.05) is 37.7 Å². The smallest absolute Gasteiger partial charge is 0.405 e. The fraction of sp³-hybridized carbons (Fsp3) is 0.600. The highest BCUT2D eigenvalue weighted by Crippen LogP contribution is 2.40. The Bertz CT molecular complexity index is 543. The van der Waals surface area contributed by atoms with E-state index in [0.29, 0.717) is 18.0 Å². The van der Waals surface area contributed by atoms with Crippen molar-refractivity contribution in [2.45, 2.75) is 25.9 Å². The molecule has 3 rings (SSSR count). The van der Waals surface area contributed by atoms with E-state index in [9.17, 15) is 13.2 Å². The van der Waals surface area contributed by atoms with E-state index in [1.807, 2.05) is 13.0 Å². The van der Waals surface area contributed by atoms with Gasteiger partial charge in [0.25, 0.3) is 0 Å². The zero-order chi connectivity index (χ0) is 15.0. The summed E-state index contributed by atoms with van der Waals surface area (Å²) < 4.78 is 44.0. The monoisotopic (exact) mass is 300 g/mol. The minimum atomic E-state index is -4.20. The molecule has 2 aliphatic heterocycles. The first kappa shape index (κ1) is 14.5. The third-order valence-corrected chi connectivity index (χ3v) is 4.16. The summed E-state index contributed by atoms with van der Waals surface area (Å²) in [5.74, 6) is 0.601. The van der Waals surface area contributed by atoms with Crippen molar-refractivity contribution in [2.24, 2.45) is 0 Å². The number of hydrogen-bond donors (Lipinski definition) is 1. The molecule has 6 heteroatoms. The Morgan fingerprint density at radius 2 is 2.05 bits per heavy atom. The third kappa shape index (κ3) is 2.95. The normalized spacial score (nSPS) is 18.6. The summed E-state index contributed by atoms with van der Waals surface area (Å²) in [4.78, 5) is 1.41. The molecule has 1 aromatic carbocycles. The lowest BCUT2D eigenvalue weighted by Crippen LogP contribution is -2.40. The van der Waals surface area contributed by atoms with Gasteiger partial charge in [-0.1, -0.05) is 0 Å². The number of ether oxygens (including phenoxy) is 1. The molecule has 0 atom stereocenters. The van der Waals surface area contributed by atoms with Gasteiger partial charge in [0.15, 0.2) is 0 Å². The van der Waals surface area contributed by atoms with E-state index in [0.717, 1.165) is 31.5 Å². The zero-order valence-electron chi connectivity index (χ0n) is 12.0. The first-order valence-corrected chi connectivity index (χ1v) is 7.26. The van der Waals surface area contributed by atoms with Crippen LogP contribution in [-0.2, 0) is 12.8 Å². The van der Waals surface area contributed by atoms with E-state index >= 15 is 0 Å². The van der Waals surface area contributed by atoms with Crippen LogP contribution in [-0.4, -0.2) is 39.0 Å². The first-order valence-electron chi connectivity index (χ1n) is 7.26. The molecule has 0 spiro atoms. The molecule has 0 aliphatic carbocycles.